The van der Waals surface area contributed by atoms with E-state index in [1.54, 1.807) is 0 Å². The first kappa shape index (κ1) is 18.4. The lowest BCUT2D eigenvalue weighted by Gasteiger charge is -2.33. The summed E-state index contributed by atoms with van der Waals surface area (Å²) < 4.78 is 44.5. The van der Waals surface area contributed by atoms with Crippen LogP contribution in [0.3, 0.4) is 0 Å². The van der Waals surface area contributed by atoms with E-state index < -0.39 is 38.6 Å². The zero-order valence-electron chi connectivity index (χ0n) is 13.5. The van der Waals surface area contributed by atoms with E-state index in [9.17, 15) is 33.4 Å². The van der Waals surface area contributed by atoms with Gasteiger partial charge in [-0.1, -0.05) is 0 Å². The Balaban J connectivity index is 2.04. The number of nitrogens with one attached hydrogen (secondary N) is 1. The highest BCUT2D eigenvalue weighted by Gasteiger charge is 2.41. The van der Waals surface area contributed by atoms with E-state index in [1.165, 1.54) is 0 Å². The van der Waals surface area contributed by atoms with Crippen LogP contribution in [0.2, 0.25) is 0 Å². The fourth-order valence-electron chi connectivity index (χ4n) is 3.75. The molecule has 0 amide bonds. The number of ether oxygens (including phenoxy) is 1. The van der Waals surface area contributed by atoms with Crippen molar-refractivity contribution in [3.63, 3.8) is 0 Å². The number of hydrogen-bond acceptors (Lipinski definition) is 6. The minimum absolute atomic E-state index is 0.0188. The number of fused-ring (bicyclic) bond motifs is 1. The predicted molar refractivity (Wildman–Crippen MR) is 83.9 cm³/mol. The molecule has 0 spiro atoms. The Hall–Kier alpha value is -2.43. The van der Waals surface area contributed by atoms with Gasteiger partial charge in [0.25, 0.3) is 11.4 Å². The number of nitrogens with zero attached hydrogens (tertiary/aromatic N) is 2. The molecule has 1 N–H and O–H groups in total. The maximum Gasteiger partial charge on any atom is 0.416 e. The van der Waals surface area contributed by atoms with E-state index in [-0.39, 0.29) is 18.1 Å². The van der Waals surface area contributed by atoms with Crippen LogP contribution in [0.5, 0.6) is 0 Å². The Morgan fingerprint density at radius 3 is 2.23 bits per heavy atom. The van der Waals surface area contributed by atoms with Gasteiger partial charge >= 0.3 is 6.18 Å². The molecule has 3 unspecified atom stereocenters. The van der Waals surface area contributed by atoms with Gasteiger partial charge < -0.3 is 10.1 Å². The van der Waals surface area contributed by atoms with Crippen molar-refractivity contribution < 1.29 is 27.8 Å². The van der Waals surface area contributed by atoms with Gasteiger partial charge in [-0.05, 0) is 25.7 Å². The molecular weight excluding hydrogens is 359 g/mol. The van der Waals surface area contributed by atoms with Crippen molar-refractivity contribution in [1.82, 2.24) is 0 Å². The molecule has 11 heteroatoms. The van der Waals surface area contributed by atoms with Crippen LogP contribution >= 0.6 is 0 Å². The molecule has 1 saturated carbocycles. The summed E-state index contributed by atoms with van der Waals surface area (Å²) in [6.07, 6.45) is -2.05. The molecule has 1 heterocycles. The smallest absolute Gasteiger partial charge is 0.378 e. The molecule has 1 saturated heterocycles. The van der Waals surface area contributed by atoms with Crippen LogP contribution in [0, 0.1) is 26.1 Å². The van der Waals surface area contributed by atoms with Gasteiger partial charge in [0, 0.05) is 30.7 Å². The summed E-state index contributed by atoms with van der Waals surface area (Å²) in [5, 5.41) is 25.4. The fourth-order valence-corrected chi connectivity index (χ4v) is 3.75. The number of nitro benzene ring substituents is 2. The van der Waals surface area contributed by atoms with Crippen molar-refractivity contribution in [3.8, 4) is 0 Å². The van der Waals surface area contributed by atoms with Gasteiger partial charge in [-0.2, -0.15) is 13.2 Å². The predicted octanol–water partition coefficient (Wildman–Crippen LogP) is 3.89. The van der Waals surface area contributed by atoms with Crippen LogP contribution in [0.1, 0.15) is 31.2 Å². The molecule has 2 fully saturated rings. The molecule has 1 aliphatic carbocycles. The molecule has 8 nitrogen and oxygen atoms in total. The first-order chi connectivity index (χ1) is 12.2. The molecule has 3 rings (SSSR count). The monoisotopic (exact) mass is 375 g/mol. The lowest BCUT2D eigenvalue weighted by Crippen LogP contribution is -2.38. The summed E-state index contributed by atoms with van der Waals surface area (Å²) in [6.45, 7) is 0.532. The number of anilines is 1. The summed E-state index contributed by atoms with van der Waals surface area (Å²) in [5.41, 5.74) is -3.81. The van der Waals surface area contributed by atoms with E-state index in [0.29, 0.717) is 31.6 Å². The summed E-state index contributed by atoms with van der Waals surface area (Å²) >= 11 is 0. The molecule has 0 radical (unpaired) electrons. The van der Waals surface area contributed by atoms with Crippen LogP contribution in [0.25, 0.3) is 0 Å². The Morgan fingerprint density at radius 2 is 1.69 bits per heavy atom. The van der Waals surface area contributed by atoms with Gasteiger partial charge in [0.15, 0.2) is 5.69 Å². The number of benzene rings is 1. The Bertz CT molecular complexity index is 705. The van der Waals surface area contributed by atoms with Gasteiger partial charge in [0.1, 0.15) is 0 Å². The quantitative estimate of drug-likeness (QED) is 0.632. The van der Waals surface area contributed by atoms with Gasteiger partial charge in [0.05, 0.1) is 21.5 Å². The molecule has 1 aromatic rings. The van der Waals surface area contributed by atoms with Gasteiger partial charge in [0.2, 0.25) is 0 Å². The number of alkyl halides is 3. The van der Waals surface area contributed by atoms with E-state index in [4.69, 9.17) is 4.74 Å². The summed E-state index contributed by atoms with van der Waals surface area (Å²) in [6, 6.07) is 0.340. The van der Waals surface area contributed by atoms with Crippen molar-refractivity contribution in [2.24, 2.45) is 5.92 Å². The molecule has 0 bridgehead atoms. The maximum atomic E-state index is 13.0. The van der Waals surface area contributed by atoms with E-state index in [2.05, 4.69) is 5.32 Å². The van der Waals surface area contributed by atoms with Gasteiger partial charge in [-0.25, -0.2) is 0 Å². The first-order valence-electron chi connectivity index (χ1n) is 8.10. The lowest BCUT2D eigenvalue weighted by atomic mass is 9.81. The van der Waals surface area contributed by atoms with Crippen LogP contribution in [0.4, 0.5) is 30.2 Å². The largest absolute Gasteiger partial charge is 0.416 e. The average molecular weight is 375 g/mol. The molecule has 142 valence electrons. The normalized spacial score (nSPS) is 25.6. The van der Waals surface area contributed by atoms with Crippen molar-refractivity contribution in [3.05, 3.63) is 37.9 Å². The average Bonchev–Trinajstić information content (AvgIpc) is 3.03. The second kappa shape index (κ2) is 6.71. The zero-order chi connectivity index (χ0) is 19.1. The Labute approximate surface area is 145 Å². The lowest BCUT2D eigenvalue weighted by molar-refractivity contribution is -0.392. The minimum atomic E-state index is -4.93. The first-order valence-corrected chi connectivity index (χ1v) is 8.10. The van der Waals surface area contributed by atoms with Crippen molar-refractivity contribution in [2.75, 3.05) is 11.9 Å². The maximum absolute atomic E-state index is 13.0. The van der Waals surface area contributed by atoms with Crippen molar-refractivity contribution >= 4 is 17.1 Å². The van der Waals surface area contributed by atoms with E-state index in [1.807, 2.05) is 0 Å². The minimum Gasteiger partial charge on any atom is -0.378 e. The second-order valence-electron chi connectivity index (χ2n) is 6.44. The Kier molecular flexibility index (Phi) is 4.74. The molecule has 2 aliphatic rings. The summed E-state index contributed by atoms with van der Waals surface area (Å²) in [4.78, 5) is 20.5. The van der Waals surface area contributed by atoms with Gasteiger partial charge in [-0.15, -0.1) is 0 Å². The van der Waals surface area contributed by atoms with Crippen LogP contribution < -0.4 is 5.32 Å². The highest BCUT2D eigenvalue weighted by Crippen LogP contribution is 2.43. The van der Waals surface area contributed by atoms with Crippen LogP contribution in [-0.2, 0) is 10.9 Å². The topological polar surface area (TPSA) is 108 Å². The number of nitro groups is 2. The molecule has 1 aromatic carbocycles. The van der Waals surface area contributed by atoms with Crippen LogP contribution in [0.15, 0.2) is 12.1 Å². The second-order valence-corrected chi connectivity index (χ2v) is 6.44. The third kappa shape index (κ3) is 3.43. The number of halogens is 3. The molecule has 0 aromatic heterocycles. The standard InChI is InChI=1S/C15H16F3N3O5/c16-15(17,18)8-6-11(20(22)23)14(12(7-8)21(24)25)19-10-2-1-3-13-9(10)4-5-26-13/h6-7,9-10,13,19H,1-5H2. The molecule has 1 aliphatic heterocycles. The van der Waals surface area contributed by atoms with E-state index >= 15 is 0 Å². The molecule has 3 atom stereocenters. The van der Waals surface area contributed by atoms with Gasteiger partial charge in [-0.3, -0.25) is 20.2 Å². The molecule has 26 heavy (non-hydrogen) atoms. The zero-order valence-corrected chi connectivity index (χ0v) is 13.5. The molecular formula is C15H16F3N3O5. The van der Waals surface area contributed by atoms with Crippen LogP contribution in [-0.4, -0.2) is 28.6 Å². The van der Waals surface area contributed by atoms with E-state index in [0.717, 1.165) is 12.8 Å². The third-order valence-electron chi connectivity index (χ3n) is 4.93. The number of hydrogen-bond donors (Lipinski definition) is 1. The Morgan fingerprint density at radius 1 is 1.08 bits per heavy atom. The summed E-state index contributed by atoms with van der Waals surface area (Å²) in [5.74, 6) is 0.0188. The summed E-state index contributed by atoms with van der Waals surface area (Å²) in [7, 11) is 0. The third-order valence-corrected chi connectivity index (χ3v) is 4.93. The van der Waals surface area contributed by atoms with Crippen molar-refractivity contribution in [2.45, 2.75) is 44.0 Å². The number of rotatable bonds is 4. The SMILES string of the molecule is O=[N+]([O-])c1cc(C(F)(F)F)cc([N+](=O)[O-])c1NC1CCCC2OCCC12. The van der Waals surface area contributed by atoms with Crippen molar-refractivity contribution in [1.29, 1.82) is 0 Å². The fraction of sp³-hybridized carbons (Fsp3) is 0.600. The highest BCUT2D eigenvalue weighted by molar-refractivity contribution is 5.75. The highest BCUT2D eigenvalue weighted by atomic mass is 19.4.